The molecule has 1 atom stereocenters. The van der Waals surface area contributed by atoms with Crippen molar-refractivity contribution in [1.29, 1.82) is 0 Å². The van der Waals surface area contributed by atoms with E-state index in [1.807, 2.05) is 0 Å². The second-order valence-corrected chi connectivity index (χ2v) is 6.09. The normalized spacial score (nSPS) is 12.5. The number of nitrogens with zero attached hydrogens (tertiary/aromatic N) is 3. The first-order valence-electron chi connectivity index (χ1n) is 8.38. The van der Waals surface area contributed by atoms with E-state index in [0.29, 0.717) is 11.8 Å². The van der Waals surface area contributed by atoms with E-state index < -0.39 is 0 Å². The van der Waals surface area contributed by atoms with E-state index in [9.17, 15) is 0 Å². The van der Waals surface area contributed by atoms with E-state index in [1.54, 1.807) is 6.33 Å². The molecule has 0 radical (unpaired) electrons. The lowest BCUT2D eigenvalue weighted by molar-refractivity contribution is 0.543. The summed E-state index contributed by atoms with van der Waals surface area (Å²) in [5, 5.41) is 3.45. The Morgan fingerprint density at radius 2 is 1.86 bits per heavy atom. The fourth-order valence-electron chi connectivity index (χ4n) is 2.42. The molecule has 1 aromatic heterocycles. The van der Waals surface area contributed by atoms with E-state index in [1.165, 1.54) is 12.0 Å². The molecule has 4 nitrogen and oxygen atoms in total. The van der Waals surface area contributed by atoms with Crippen molar-refractivity contribution in [1.82, 2.24) is 9.97 Å². The van der Waals surface area contributed by atoms with Crippen LogP contribution < -0.4 is 10.2 Å². The molecule has 1 heterocycles. The maximum Gasteiger partial charge on any atom is 0.137 e. The molecular weight excluding hydrogens is 260 g/mol. The summed E-state index contributed by atoms with van der Waals surface area (Å²) >= 11 is 0. The van der Waals surface area contributed by atoms with E-state index >= 15 is 0 Å². The van der Waals surface area contributed by atoms with E-state index in [4.69, 9.17) is 0 Å². The van der Waals surface area contributed by atoms with Gasteiger partial charge in [-0.1, -0.05) is 41.0 Å². The number of hydrogen-bond donors (Lipinski definition) is 1. The van der Waals surface area contributed by atoms with Gasteiger partial charge in [-0.2, -0.15) is 0 Å². The van der Waals surface area contributed by atoms with Gasteiger partial charge >= 0.3 is 0 Å². The molecule has 0 amide bonds. The minimum Gasteiger partial charge on any atom is -0.370 e. The third-order valence-corrected chi connectivity index (χ3v) is 3.89. The Labute approximate surface area is 130 Å². The summed E-state index contributed by atoms with van der Waals surface area (Å²) in [5.74, 6) is 3.18. The van der Waals surface area contributed by atoms with Crippen LogP contribution in [-0.4, -0.2) is 29.6 Å². The van der Waals surface area contributed by atoms with Crippen LogP contribution in [-0.2, 0) is 0 Å². The first-order chi connectivity index (χ1) is 10.0. The predicted octanol–water partition coefficient (Wildman–Crippen LogP) is 4.29. The number of nitrogens with one attached hydrogen (secondary N) is 1. The molecule has 0 spiro atoms. The van der Waals surface area contributed by atoms with Crippen molar-refractivity contribution in [2.45, 2.75) is 60.3 Å². The first-order valence-corrected chi connectivity index (χ1v) is 8.38. The van der Waals surface area contributed by atoms with Crippen molar-refractivity contribution in [3.8, 4) is 0 Å². The molecule has 1 N–H and O–H groups in total. The molecule has 0 saturated carbocycles. The Kier molecular flexibility index (Phi) is 7.48. The number of rotatable bonds is 9. The zero-order chi connectivity index (χ0) is 15.8. The molecule has 0 aliphatic heterocycles. The quantitative estimate of drug-likeness (QED) is 0.737. The van der Waals surface area contributed by atoms with Crippen LogP contribution in [0.1, 0.15) is 65.9 Å². The first kappa shape index (κ1) is 17.7. The summed E-state index contributed by atoms with van der Waals surface area (Å²) < 4.78 is 0. The predicted molar refractivity (Wildman–Crippen MR) is 92.2 cm³/mol. The minimum atomic E-state index is 0.409. The van der Waals surface area contributed by atoms with Gasteiger partial charge in [0.25, 0.3) is 0 Å². The summed E-state index contributed by atoms with van der Waals surface area (Å²) in [6.07, 6.45) is 3.99. The maximum absolute atomic E-state index is 4.60. The van der Waals surface area contributed by atoms with E-state index in [0.717, 1.165) is 37.7 Å². The molecule has 0 bridgehead atoms. The van der Waals surface area contributed by atoms with Crippen molar-refractivity contribution in [3.05, 3.63) is 11.9 Å². The Balaban J connectivity index is 3.13. The van der Waals surface area contributed by atoms with Crippen LogP contribution in [0.2, 0.25) is 0 Å². The molecular formula is C17H32N4. The van der Waals surface area contributed by atoms with Crippen LogP contribution in [0.3, 0.4) is 0 Å². The van der Waals surface area contributed by atoms with Crippen molar-refractivity contribution in [2.24, 2.45) is 5.92 Å². The lowest BCUT2D eigenvalue weighted by Crippen LogP contribution is -2.30. The number of hydrogen-bond acceptors (Lipinski definition) is 4. The zero-order valence-electron chi connectivity index (χ0n) is 14.6. The topological polar surface area (TPSA) is 41.1 Å². The second kappa shape index (κ2) is 8.85. The van der Waals surface area contributed by atoms with Gasteiger partial charge < -0.3 is 10.2 Å². The Hall–Kier alpha value is -1.32. The third kappa shape index (κ3) is 4.87. The number of aromatic nitrogens is 2. The van der Waals surface area contributed by atoms with Gasteiger partial charge in [-0.05, 0) is 25.2 Å². The molecule has 1 aromatic rings. The van der Waals surface area contributed by atoms with E-state index in [2.05, 4.69) is 61.7 Å². The average molecular weight is 292 g/mol. The Bertz CT molecular complexity index is 417. The van der Waals surface area contributed by atoms with Crippen LogP contribution in [0.5, 0.6) is 0 Å². The Morgan fingerprint density at radius 3 is 2.38 bits per heavy atom. The summed E-state index contributed by atoms with van der Waals surface area (Å²) in [5.41, 5.74) is 1.25. The smallest absolute Gasteiger partial charge is 0.137 e. The number of anilines is 2. The highest BCUT2D eigenvalue weighted by molar-refractivity contribution is 5.60. The van der Waals surface area contributed by atoms with Gasteiger partial charge in [-0.15, -0.1) is 0 Å². The molecule has 0 saturated heterocycles. The SMILES string of the molecule is CCCNc1ncnc(N(CC)CC(C)CC)c1C(C)C. The standard InChI is InChI=1S/C17H32N4/c1-7-10-18-16-15(13(4)5)17(20-12-19-16)21(9-3)11-14(6)8-2/h12-14H,7-11H2,1-6H3,(H,18,19,20). The van der Waals surface area contributed by atoms with Crippen molar-refractivity contribution in [2.75, 3.05) is 29.9 Å². The zero-order valence-corrected chi connectivity index (χ0v) is 14.6. The molecule has 0 aliphatic rings. The van der Waals surface area contributed by atoms with Crippen LogP contribution in [0.25, 0.3) is 0 Å². The minimum absolute atomic E-state index is 0.409. The van der Waals surface area contributed by atoms with Crippen LogP contribution >= 0.6 is 0 Å². The van der Waals surface area contributed by atoms with Gasteiger partial charge in [0.15, 0.2) is 0 Å². The molecule has 1 rings (SSSR count). The molecule has 4 heteroatoms. The molecule has 0 aliphatic carbocycles. The molecule has 0 aromatic carbocycles. The van der Waals surface area contributed by atoms with Gasteiger partial charge in [0, 0.05) is 25.2 Å². The highest BCUT2D eigenvalue weighted by atomic mass is 15.2. The molecule has 0 fully saturated rings. The lowest BCUT2D eigenvalue weighted by atomic mass is 10.0. The summed E-state index contributed by atoms with van der Waals surface area (Å²) in [6.45, 7) is 16.3. The fraction of sp³-hybridized carbons (Fsp3) is 0.765. The van der Waals surface area contributed by atoms with Crippen LogP contribution in [0.4, 0.5) is 11.6 Å². The van der Waals surface area contributed by atoms with E-state index in [-0.39, 0.29) is 0 Å². The van der Waals surface area contributed by atoms with Crippen LogP contribution in [0.15, 0.2) is 6.33 Å². The highest BCUT2D eigenvalue weighted by Crippen LogP contribution is 2.31. The summed E-state index contributed by atoms with van der Waals surface area (Å²) in [6, 6.07) is 0. The molecule has 21 heavy (non-hydrogen) atoms. The molecule has 1 unspecified atom stereocenters. The Morgan fingerprint density at radius 1 is 1.14 bits per heavy atom. The maximum atomic E-state index is 4.60. The van der Waals surface area contributed by atoms with Gasteiger partial charge in [-0.3, -0.25) is 0 Å². The van der Waals surface area contributed by atoms with Gasteiger partial charge in [0.1, 0.15) is 18.0 Å². The third-order valence-electron chi connectivity index (χ3n) is 3.89. The van der Waals surface area contributed by atoms with Gasteiger partial charge in [-0.25, -0.2) is 9.97 Å². The monoisotopic (exact) mass is 292 g/mol. The van der Waals surface area contributed by atoms with Crippen LogP contribution in [0, 0.1) is 5.92 Å². The van der Waals surface area contributed by atoms with Crippen molar-refractivity contribution < 1.29 is 0 Å². The lowest BCUT2D eigenvalue weighted by Gasteiger charge is -2.29. The largest absolute Gasteiger partial charge is 0.370 e. The fourth-order valence-corrected chi connectivity index (χ4v) is 2.42. The highest BCUT2D eigenvalue weighted by Gasteiger charge is 2.19. The van der Waals surface area contributed by atoms with Crippen molar-refractivity contribution in [3.63, 3.8) is 0 Å². The second-order valence-electron chi connectivity index (χ2n) is 6.09. The van der Waals surface area contributed by atoms with Gasteiger partial charge in [0.2, 0.25) is 0 Å². The molecule has 120 valence electrons. The average Bonchev–Trinajstić information content (AvgIpc) is 2.49. The summed E-state index contributed by atoms with van der Waals surface area (Å²) in [7, 11) is 0. The van der Waals surface area contributed by atoms with Gasteiger partial charge in [0.05, 0.1) is 0 Å². The van der Waals surface area contributed by atoms with Crippen molar-refractivity contribution >= 4 is 11.6 Å². The summed E-state index contributed by atoms with van der Waals surface area (Å²) in [4.78, 5) is 11.5.